The maximum atomic E-state index is 4.89. The number of thiophene rings is 2. The van der Waals surface area contributed by atoms with Crippen molar-refractivity contribution < 1.29 is 0 Å². The predicted octanol–water partition coefficient (Wildman–Crippen LogP) is 8.51. The van der Waals surface area contributed by atoms with Gasteiger partial charge in [0, 0.05) is 26.0 Å². The van der Waals surface area contributed by atoms with Gasteiger partial charge >= 0.3 is 0 Å². The Morgan fingerprint density at radius 1 is 0.567 bits per heavy atom. The fraction of sp³-hybridized carbons (Fsp3) is 0. The molecule has 0 unspecified atom stereocenters. The summed E-state index contributed by atoms with van der Waals surface area (Å²) in [6, 6.07) is 34.5. The monoisotopic (exact) mass is 419 g/mol. The maximum absolute atomic E-state index is 4.89. The highest BCUT2D eigenvalue weighted by Crippen LogP contribution is 2.45. The van der Waals surface area contributed by atoms with Crippen LogP contribution in [-0.4, -0.2) is 4.98 Å². The number of hydrogen-bond donors (Lipinski definition) is 0. The number of nitrogens with zero attached hydrogens (tertiary/aromatic N) is 1. The summed E-state index contributed by atoms with van der Waals surface area (Å²) in [5, 5.41) is 2.55. The molecule has 0 aliphatic rings. The number of aromatic nitrogens is 1. The molecule has 6 rings (SSSR count). The lowest BCUT2D eigenvalue weighted by Gasteiger charge is -2.12. The van der Waals surface area contributed by atoms with Gasteiger partial charge in [0.15, 0.2) is 0 Å². The summed E-state index contributed by atoms with van der Waals surface area (Å²) in [5.74, 6) is 0. The summed E-state index contributed by atoms with van der Waals surface area (Å²) in [5.41, 5.74) is 4.72. The first-order valence-corrected chi connectivity index (χ1v) is 11.5. The van der Waals surface area contributed by atoms with E-state index >= 15 is 0 Å². The Kier molecular flexibility index (Phi) is 4.22. The predicted molar refractivity (Wildman–Crippen MR) is 131 cm³/mol. The van der Waals surface area contributed by atoms with Crippen LogP contribution in [0.4, 0.5) is 0 Å². The Labute approximate surface area is 182 Å². The van der Waals surface area contributed by atoms with E-state index in [0.717, 1.165) is 5.69 Å². The van der Waals surface area contributed by atoms with Crippen LogP contribution in [-0.2, 0) is 0 Å². The van der Waals surface area contributed by atoms with Crippen molar-refractivity contribution in [1.82, 2.24) is 4.98 Å². The molecular formula is C27H17NS2. The molecule has 3 aromatic carbocycles. The molecule has 0 N–H and O–H groups in total. The van der Waals surface area contributed by atoms with Crippen molar-refractivity contribution in [3.63, 3.8) is 0 Å². The Bertz CT molecular complexity index is 1430. The zero-order chi connectivity index (χ0) is 19.9. The fourth-order valence-corrected chi connectivity index (χ4v) is 6.15. The normalized spacial score (nSPS) is 11.3. The van der Waals surface area contributed by atoms with Crippen molar-refractivity contribution in [3.05, 3.63) is 103 Å². The van der Waals surface area contributed by atoms with Crippen LogP contribution in [0.2, 0.25) is 0 Å². The molecule has 0 radical (unpaired) electrons. The highest BCUT2D eigenvalue weighted by Gasteiger charge is 2.19. The average Bonchev–Trinajstić information content (AvgIpc) is 3.43. The van der Waals surface area contributed by atoms with Crippen LogP contribution in [0.1, 0.15) is 0 Å². The van der Waals surface area contributed by atoms with Gasteiger partial charge in [0.1, 0.15) is 0 Å². The van der Waals surface area contributed by atoms with Crippen LogP contribution in [0.5, 0.6) is 0 Å². The quantitative estimate of drug-likeness (QED) is 0.280. The summed E-state index contributed by atoms with van der Waals surface area (Å²) < 4.78 is 2.60. The van der Waals surface area contributed by atoms with E-state index in [1.165, 1.54) is 46.6 Å². The fourth-order valence-electron chi connectivity index (χ4n) is 3.96. The van der Waals surface area contributed by atoms with E-state index < -0.39 is 0 Å². The van der Waals surface area contributed by atoms with Gasteiger partial charge in [-0.1, -0.05) is 66.7 Å². The Balaban J connectivity index is 1.66. The third-order valence-corrected chi connectivity index (χ3v) is 7.62. The second-order valence-corrected chi connectivity index (χ2v) is 9.41. The second kappa shape index (κ2) is 7.21. The van der Waals surface area contributed by atoms with Gasteiger partial charge in [-0.3, -0.25) is 4.98 Å². The minimum atomic E-state index is 1.06. The first kappa shape index (κ1) is 17.6. The molecule has 0 aliphatic heterocycles. The summed E-state index contributed by atoms with van der Waals surface area (Å²) in [7, 11) is 0. The molecule has 3 heterocycles. The van der Waals surface area contributed by atoms with E-state index in [9.17, 15) is 0 Å². The van der Waals surface area contributed by atoms with E-state index in [0.29, 0.717) is 0 Å². The smallest absolute Gasteiger partial charge is 0.0894 e. The molecule has 0 saturated heterocycles. The Morgan fingerprint density at radius 3 is 1.87 bits per heavy atom. The van der Waals surface area contributed by atoms with E-state index in [2.05, 4.69) is 97.1 Å². The van der Waals surface area contributed by atoms with E-state index in [1.807, 2.05) is 28.9 Å². The van der Waals surface area contributed by atoms with Gasteiger partial charge in [-0.15, -0.1) is 22.7 Å². The molecule has 30 heavy (non-hydrogen) atoms. The molecule has 6 aromatic rings. The lowest BCUT2D eigenvalue weighted by atomic mass is 9.97. The highest BCUT2D eigenvalue weighted by molar-refractivity contribution is 7.23. The van der Waals surface area contributed by atoms with Crippen LogP contribution < -0.4 is 0 Å². The van der Waals surface area contributed by atoms with Gasteiger partial charge in [-0.2, -0.15) is 0 Å². The van der Waals surface area contributed by atoms with Gasteiger partial charge in [0.25, 0.3) is 0 Å². The molecule has 0 bridgehead atoms. The molecule has 0 fully saturated rings. The largest absolute Gasteiger partial charge is 0.255 e. The molecule has 3 aromatic heterocycles. The summed E-state index contributed by atoms with van der Waals surface area (Å²) in [4.78, 5) is 7.36. The first-order valence-electron chi connectivity index (χ1n) is 9.89. The van der Waals surface area contributed by atoms with E-state index in [4.69, 9.17) is 4.98 Å². The average molecular weight is 420 g/mol. The van der Waals surface area contributed by atoms with Crippen LogP contribution in [0, 0.1) is 0 Å². The van der Waals surface area contributed by atoms with E-state index in [-0.39, 0.29) is 0 Å². The number of hydrogen-bond acceptors (Lipinski definition) is 3. The number of rotatable bonds is 3. The lowest BCUT2D eigenvalue weighted by Crippen LogP contribution is -1.90. The third kappa shape index (κ3) is 2.95. The van der Waals surface area contributed by atoms with Crippen LogP contribution in [0.3, 0.4) is 0 Å². The zero-order valence-corrected chi connectivity index (χ0v) is 17.7. The zero-order valence-electron chi connectivity index (χ0n) is 16.1. The maximum Gasteiger partial charge on any atom is 0.0894 e. The van der Waals surface area contributed by atoms with Crippen molar-refractivity contribution in [3.8, 4) is 32.1 Å². The summed E-state index contributed by atoms with van der Waals surface area (Å²) in [6.45, 7) is 0. The van der Waals surface area contributed by atoms with Gasteiger partial charge in [0.05, 0.1) is 10.6 Å². The van der Waals surface area contributed by atoms with Crippen molar-refractivity contribution >= 4 is 42.8 Å². The first-order chi connectivity index (χ1) is 14.9. The molecule has 0 amide bonds. The number of benzene rings is 3. The van der Waals surface area contributed by atoms with E-state index in [1.54, 1.807) is 0 Å². The van der Waals surface area contributed by atoms with Crippen LogP contribution in [0.25, 0.3) is 52.3 Å². The second-order valence-electron chi connectivity index (χ2n) is 7.25. The van der Waals surface area contributed by atoms with Crippen LogP contribution >= 0.6 is 22.7 Å². The molecule has 142 valence electrons. The van der Waals surface area contributed by atoms with Crippen molar-refractivity contribution in [1.29, 1.82) is 0 Å². The molecule has 0 aliphatic carbocycles. The highest BCUT2D eigenvalue weighted by atomic mass is 32.1. The van der Waals surface area contributed by atoms with Crippen molar-refractivity contribution in [2.24, 2.45) is 0 Å². The molecule has 1 nitrogen and oxygen atoms in total. The van der Waals surface area contributed by atoms with Gasteiger partial charge < -0.3 is 0 Å². The number of fused-ring (bicyclic) bond motifs is 2. The molecule has 3 heteroatoms. The summed E-state index contributed by atoms with van der Waals surface area (Å²) >= 11 is 3.65. The van der Waals surface area contributed by atoms with Crippen molar-refractivity contribution in [2.75, 3.05) is 0 Å². The Morgan fingerprint density at radius 2 is 1.17 bits per heavy atom. The lowest BCUT2D eigenvalue weighted by molar-refractivity contribution is 1.34. The SMILES string of the molecule is c1ccc(-c2ccnc(-c3cc4ccccc4s3)c2-c2cc3ccccc3s2)cc1. The van der Waals surface area contributed by atoms with Crippen LogP contribution in [0.15, 0.2) is 103 Å². The standard InChI is InChI=1S/C27H17NS2/c1-2-8-18(9-3-1)21-14-15-28-27(25-17-20-11-5-7-13-23(20)30-25)26(21)24-16-19-10-4-6-12-22(19)29-24/h1-17H. The van der Waals surface area contributed by atoms with Gasteiger partial charge in [-0.05, 0) is 52.2 Å². The van der Waals surface area contributed by atoms with Gasteiger partial charge in [0.2, 0.25) is 0 Å². The molecular weight excluding hydrogens is 402 g/mol. The molecule has 0 atom stereocenters. The summed E-state index contributed by atoms with van der Waals surface area (Å²) in [6.07, 6.45) is 1.94. The molecule has 0 spiro atoms. The van der Waals surface area contributed by atoms with Crippen molar-refractivity contribution in [2.45, 2.75) is 0 Å². The third-order valence-electron chi connectivity index (χ3n) is 5.37. The Hall–Kier alpha value is -3.27. The molecule has 0 saturated carbocycles. The number of pyridine rings is 1. The van der Waals surface area contributed by atoms with Gasteiger partial charge in [-0.25, -0.2) is 0 Å². The topological polar surface area (TPSA) is 12.9 Å². The minimum Gasteiger partial charge on any atom is -0.255 e. The minimum absolute atomic E-state index is 1.06.